The zero-order valence-electron chi connectivity index (χ0n) is 11.9. The summed E-state index contributed by atoms with van der Waals surface area (Å²) in [7, 11) is -4.55. The van der Waals surface area contributed by atoms with Crippen molar-refractivity contribution in [1.82, 2.24) is 0 Å². The fraction of sp³-hybridized carbons (Fsp3) is 0.0667. The molecule has 24 heavy (non-hydrogen) atoms. The standard InChI is InChI=1S/C15H10O8S/c16-10-6-9(14(18)19)12(17)13(11(10)15(20)21)24(22,23)7-8-4-2-1-3-5-8/h1-6H,7H2,(H,18,19)(H,20,21). The van der Waals surface area contributed by atoms with E-state index in [4.69, 9.17) is 10.2 Å². The first kappa shape index (κ1) is 17.3. The highest BCUT2D eigenvalue weighted by Gasteiger charge is 2.41. The van der Waals surface area contributed by atoms with E-state index in [2.05, 4.69) is 0 Å². The molecule has 0 amide bonds. The summed E-state index contributed by atoms with van der Waals surface area (Å²) in [5, 5.41) is 18.0. The molecule has 9 heteroatoms. The molecule has 0 aliphatic heterocycles. The molecule has 0 aromatic heterocycles. The van der Waals surface area contributed by atoms with Crippen LogP contribution in [0.2, 0.25) is 0 Å². The Bertz CT molecular complexity index is 919. The van der Waals surface area contributed by atoms with Crippen LogP contribution in [0.5, 0.6) is 0 Å². The molecule has 0 saturated carbocycles. The van der Waals surface area contributed by atoms with Gasteiger partial charge in [0.1, 0.15) is 16.1 Å². The summed E-state index contributed by atoms with van der Waals surface area (Å²) in [5.74, 6) is -7.35. The molecule has 2 N–H and O–H groups in total. The minimum Gasteiger partial charge on any atom is -0.478 e. The van der Waals surface area contributed by atoms with Gasteiger partial charge in [0.05, 0.1) is 5.75 Å². The lowest BCUT2D eigenvalue weighted by molar-refractivity contribution is -0.137. The van der Waals surface area contributed by atoms with Gasteiger partial charge < -0.3 is 10.2 Å². The highest BCUT2D eigenvalue weighted by atomic mass is 32.2. The van der Waals surface area contributed by atoms with E-state index in [0.29, 0.717) is 6.08 Å². The van der Waals surface area contributed by atoms with Crippen LogP contribution in [-0.4, -0.2) is 42.1 Å². The molecule has 0 unspecified atom stereocenters. The maximum Gasteiger partial charge on any atom is 0.341 e. The second kappa shape index (κ2) is 6.20. The van der Waals surface area contributed by atoms with Crippen LogP contribution >= 0.6 is 0 Å². The van der Waals surface area contributed by atoms with Crippen molar-refractivity contribution < 1.29 is 37.8 Å². The molecular formula is C15H10O8S. The average molecular weight is 350 g/mol. The number of hydrogen-bond acceptors (Lipinski definition) is 6. The van der Waals surface area contributed by atoms with Gasteiger partial charge in [0.2, 0.25) is 5.78 Å². The third-order valence-electron chi connectivity index (χ3n) is 3.15. The van der Waals surface area contributed by atoms with Crippen LogP contribution in [0.3, 0.4) is 0 Å². The molecule has 0 atom stereocenters. The van der Waals surface area contributed by atoms with E-state index < -0.39 is 55.1 Å². The highest BCUT2D eigenvalue weighted by molar-refractivity contribution is 7.95. The molecule has 8 nitrogen and oxygen atoms in total. The van der Waals surface area contributed by atoms with Gasteiger partial charge in [0.25, 0.3) is 0 Å². The van der Waals surface area contributed by atoms with Crippen molar-refractivity contribution in [2.24, 2.45) is 0 Å². The molecule has 0 radical (unpaired) electrons. The smallest absolute Gasteiger partial charge is 0.341 e. The summed E-state index contributed by atoms with van der Waals surface area (Å²) >= 11 is 0. The maximum absolute atomic E-state index is 12.5. The Kier molecular flexibility index (Phi) is 4.47. The van der Waals surface area contributed by atoms with Gasteiger partial charge in [-0.05, 0) is 5.56 Å². The molecule has 1 aromatic rings. The number of ketones is 2. The zero-order valence-corrected chi connectivity index (χ0v) is 12.7. The van der Waals surface area contributed by atoms with Crippen LogP contribution < -0.4 is 0 Å². The summed E-state index contributed by atoms with van der Waals surface area (Å²) in [4.78, 5) is 44.9. The summed E-state index contributed by atoms with van der Waals surface area (Å²) in [6.45, 7) is 0. The van der Waals surface area contributed by atoms with Gasteiger partial charge in [-0.3, -0.25) is 9.59 Å². The number of sulfone groups is 1. The second-order valence-corrected chi connectivity index (χ2v) is 6.74. The van der Waals surface area contributed by atoms with E-state index in [1.807, 2.05) is 0 Å². The molecular weight excluding hydrogens is 340 g/mol. The van der Waals surface area contributed by atoms with E-state index in [-0.39, 0.29) is 5.56 Å². The molecule has 2 rings (SSSR count). The minimum atomic E-state index is -4.55. The van der Waals surface area contributed by atoms with Crippen LogP contribution in [-0.2, 0) is 34.8 Å². The topological polar surface area (TPSA) is 143 Å². The number of Topliss-reactive ketones (excluding diaryl/α,β-unsaturated/α-hetero) is 1. The summed E-state index contributed by atoms with van der Waals surface area (Å²) in [6.07, 6.45) is 0.315. The number of allylic oxidation sites excluding steroid dienone is 2. The largest absolute Gasteiger partial charge is 0.478 e. The van der Waals surface area contributed by atoms with Crippen LogP contribution in [0.25, 0.3) is 0 Å². The maximum atomic E-state index is 12.5. The number of carboxylic acids is 2. The zero-order chi connectivity index (χ0) is 18.1. The van der Waals surface area contributed by atoms with Gasteiger partial charge in [-0.1, -0.05) is 30.3 Å². The Morgan fingerprint density at radius 2 is 1.54 bits per heavy atom. The van der Waals surface area contributed by atoms with E-state index in [0.717, 1.165) is 0 Å². The van der Waals surface area contributed by atoms with Crippen molar-refractivity contribution in [3.05, 3.63) is 58.0 Å². The van der Waals surface area contributed by atoms with Crippen molar-refractivity contribution in [1.29, 1.82) is 0 Å². The number of rotatable bonds is 5. The Balaban J connectivity index is 2.63. The third kappa shape index (κ3) is 3.15. The Morgan fingerprint density at radius 1 is 0.958 bits per heavy atom. The Labute approximate surface area is 135 Å². The van der Waals surface area contributed by atoms with E-state index in [9.17, 15) is 27.6 Å². The first-order chi connectivity index (χ1) is 11.1. The quantitative estimate of drug-likeness (QED) is 0.562. The number of carbonyl (C=O) groups excluding carboxylic acids is 2. The lowest BCUT2D eigenvalue weighted by atomic mass is 9.97. The van der Waals surface area contributed by atoms with E-state index >= 15 is 0 Å². The number of benzene rings is 1. The molecule has 0 fully saturated rings. The molecule has 1 aromatic carbocycles. The number of carbonyl (C=O) groups is 4. The summed E-state index contributed by atoms with van der Waals surface area (Å²) in [6, 6.07) is 7.56. The first-order valence-corrected chi connectivity index (χ1v) is 8.08. The predicted octanol–water partition coefficient (Wildman–Crippen LogP) is 0.103. The number of aliphatic carboxylic acids is 2. The molecule has 0 saturated heterocycles. The lowest BCUT2D eigenvalue weighted by Gasteiger charge is -2.15. The van der Waals surface area contributed by atoms with Crippen LogP contribution in [0.15, 0.2) is 52.5 Å². The Morgan fingerprint density at radius 3 is 2.04 bits per heavy atom. The number of hydrogen-bond donors (Lipinski definition) is 2. The van der Waals surface area contributed by atoms with E-state index in [1.54, 1.807) is 6.07 Å². The van der Waals surface area contributed by atoms with Gasteiger partial charge in [0.15, 0.2) is 15.6 Å². The minimum absolute atomic E-state index is 0.251. The van der Waals surface area contributed by atoms with Crippen LogP contribution in [0.1, 0.15) is 5.56 Å². The molecule has 1 aliphatic rings. The summed E-state index contributed by atoms with van der Waals surface area (Å²) < 4.78 is 25.0. The Hall–Kier alpha value is -3.07. The van der Waals surface area contributed by atoms with Gasteiger partial charge in [0, 0.05) is 6.08 Å². The molecule has 0 spiro atoms. The lowest BCUT2D eigenvalue weighted by Crippen LogP contribution is -2.31. The number of carboxylic acid groups (broad SMARTS) is 2. The van der Waals surface area contributed by atoms with Gasteiger partial charge in [-0.2, -0.15) is 0 Å². The van der Waals surface area contributed by atoms with Crippen LogP contribution in [0, 0.1) is 0 Å². The average Bonchev–Trinajstić information content (AvgIpc) is 2.48. The van der Waals surface area contributed by atoms with Crippen molar-refractivity contribution in [3.8, 4) is 0 Å². The molecule has 124 valence electrons. The molecule has 0 heterocycles. The fourth-order valence-electron chi connectivity index (χ4n) is 2.14. The van der Waals surface area contributed by atoms with Crippen molar-refractivity contribution in [3.63, 3.8) is 0 Å². The van der Waals surface area contributed by atoms with Crippen molar-refractivity contribution in [2.45, 2.75) is 5.75 Å². The van der Waals surface area contributed by atoms with Crippen LogP contribution in [0.4, 0.5) is 0 Å². The van der Waals surface area contributed by atoms with Crippen molar-refractivity contribution in [2.75, 3.05) is 0 Å². The SMILES string of the molecule is O=C(O)C1=CC(=O)C(C(=O)O)=C(S(=O)(=O)Cc2ccccc2)C1=O. The van der Waals surface area contributed by atoms with Gasteiger partial charge in [-0.15, -0.1) is 0 Å². The molecule has 1 aliphatic carbocycles. The molecule has 0 bridgehead atoms. The predicted molar refractivity (Wildman–Crippen MR) is 79.5 cm³/mol. The second-order valence-electron chi connectivity index (χ2n) is 4.81. The van der Waals surface area contributed by atoms with Gasteiger partial charge in [-0.25, -0.2) is 18.0 Å². The highest BCUT2D eigenvalue weighted by Crippen LogP contribution is 2.27. The van der Waals surface area contributed by atoms with Crippen molar-refractivity contribution >= 4 is 33.3 Å². The summed E-state index contributed by atoms with van der Waals surface area (Å²) in [5.41, 5.74) is -2.08. The monoisotopic (exact) mass is 350 g/mol. The third-order valence-corrected chi connectivity index (χ3v) is 4.88. The van der Waals surface area contributed by atoms with Gasteiger partial charge >= 0.3 is 11.9 Å². The first-order valence-electron chi connectivity index (χ1n) is 6.43. The fourth-order valence-corrected chi connectivity index (χ4v) is 3.81. The van der Waals surface area contributed by atoms with E-state index in [1.165, 1.54) is 24.3 Å². The normalized spacial score (nSPS) is 15.2.